The van der Waals surface area contributed by atoms with Gasteiger partial charge in [-0.2, -0.15) is 0 Å². The van der Waals surface area contributed by atoms with Gasteiger partial charge in [-0.15, -0.1) is 0 Å². The van der Waals surface area contributed by atoms with Gasteiger partial charge in [-0.1, -0.05) is 15.9 Å². The highest BCUT2D eigenvalue weighted by Crippen LogP contribution is 2.35. The summed E-state index contributed by atoms with van der Waals surface area (Å²) in [7, 11) is 1.28. The summed E-state index contributed by atoms with van der Waals surface area (Å²) < 4.78 is 11.1. The van der Waals surface area contributed by atoms with Crippen molar-refractivity contribution in [3.8, 4) is 0 Å². The van der Waals surface area contributed by atoms with Crippen LogP contribution in [0.3, 0.4) is 0 Å². The Hall–Kier alpha value is -1.89. The number of ether oxygens (including phenoxy) is 2. The third-order valence-corrected chi connectivity index (χ3v) is 5.13. The summed E-state index contributed by atoms with van der Waals surface area (Å²) in [6.45, 7) is 0.587. The van der Waals surface area contributed by atoms with Gasteiger partial charge < -0.3 is 14.4 Å². The molecule has 3 atom stereocenters. The molecule has 1 amide bonds. The lowest BCUT2D eigenvalue weighted by atomic mass is 9.92. The van der Waals surface area contributed by atoms with Gasteiger partial charge in [-0.25, -0.2) is 4.79 Å². The summed E-state index contributed by atoms with van der Waals surface area (Å²) in [5.41, 5.74) is 0.333. The average molecular weight is 396 g/mol. The van der Waals surface area contributed by atoms with Crippen LogP contribution in [-0.4, -0.2) is 48.5 Å². The van der Waals surface area contributed by atoms with Crippen molar-refractivity contribution in [3.05, 3.63) is 34.3 Å². The highest BCUT2D eigenvalue weighted by Gasteiger charge is 2.54. The minimum absolute atomic E-state index is 0.249. The molecule has 2 saturated heterocycles. The zero-order valence-corrected chi connectivity index (χ0v) is 14.8. The Morgan fingerprint density at radius 1 is 1.21 bits per heavy atom. The number of halogens is 1. The van der Waals surface area contributed by atoms with E-state index in [0.717, 1.165) is 23.7 Å². The molecular formula is C17H18BrNO5. The molecule has 0 aromatic heterocycles. The Balaban J connectivity index is 1.83. The van der Waals surface area contributed by atoms with Crippen molar-refractivity contribution < 1.29 is 23.9 Å². The minimum atomic E-state index is -1.11. The molecule has 2 aliphatic rings. The van der Waals surface area contributed by atoms with Gasteiger partial charge in [0.15, 0.2) is 6.10 Å². The van der Waals surface area contributed by atoms with Gasteiger partial charge in [0, 0.05) is 17.1 Å². The molecule has 128 valence electrons. The number of fused-ring (bicyclic) bond motifs is 1. The van der Waals surface area contributed by atoms with Crippen molar-refractivity contribution in [2.24, 2.45) is 5.92 Å². The summed E-state index contributed by atoms with van der Waals surface area (Å²) in [4.78, 5) is 38.8. The van der Waals surface area contributed by atoms with Crippen molar-refractivity contribution in [1.29, 1.82) is 0 Å². The van der Waals surface area contributed by atoms with Crippen LogP contribution in [0, 0.1) is 5.92 Å². The Kier molecular flexibility index (Phi) is 4.89. The number of nitrogens with zero attached hydrogens (tertiary/aromatic N) is 1. The van der Waals surface area contributed by atoms with E-state index in [9.17, 15) is 14.4 Å². The second-order valence-corrected chi connectivity index (χ2v) is 6.89. The van der Waals surface area contributed by atoms with Crippen LogP contribution in [0.15, 0.2) is 28.7 Å². The van der Waals surface area contributed by atoms with Crippen molar-refractivity contribution in [2.45, 2.75) is 31.4 Å². The van der Waals surface area contributed by atoms with Crippen molar-refractivity contribution in [1.82, 2.24) is 4.90 Å². The van der Waals surface area contributed by atoms with Crippen LogP contribution in [0.2, 0.25) is 0 Å². The predicted molar refractivity (Wildman–Crippen MR) is 88.2 cm³/mol. The number of methoxy groups -OCH3 is 1. The molecule has 0 aliphatic carbocycles. The normalized spacial score (nSPS) is 26.0. The molecule has 6 nitrogen and oxygen atoms in total. The van der Waals surface area contributed by atoms with Gasteiger partial charge >= 0.3 is 11.9 Å². The maximum atomic E-state index is 12.6. The molecule has 2 heterocycles. The number of carbonyl (C=O) groups excluding carboxylic acids is 3. The van der Waals surface area contributed by atoms with E-state index in [-0.39, 0.29) is 11.9 Å². The number of piperidine rings is 1. The number of hydrogen-bond donors (Lipinski definition) is 0. The van der Waals surface area contributed by atoms with E-state index in [2.05, 4.69) is 15.9 Å². The summed E-state index contributed by atoms with van der Waals surface area (Å²) in [6, 6.07) is 6.39. The van der Waals surface area contributed by atoms with Gasteiger partial charge in [-0.05, 0) is 43.5 Å². The van der Waals surface area contributed by atoms with E-state index >= 15 is 0 Å². The third-order valence-electron chi connectivity index (χ3n) is 4.60. The topological polar surface area (TPSA) is 72.9 Å². The quantitative estimate of drug-likeness (QED) is 0.733. The lowest BCUT2D eigenvalue weighted by Crippen LogP contribution is -2.41. The van der Waals surface area contributed by atoms with Gasteiger partial charge in [0.05, 0.1) is 12.7 Å². The fourth-order valence-corrected chi connectivity index (χ4v) is 3.70. The number of carbonyl (C=O) groups is 3. The maximum Gasteiger partial charge on any atom is 0.338 e. The first kappa shape index (κ1) is 17.0. The molecule has 0 N–H and O–H groups in total. The maximum absolute atomic E-state index is 12.6. The molecular weight excluding hydrogens is 378 g/mol. The Labute approximate surface area is 148 Å². The van der Waals surface area contributed by atoms with Crippen LogP contribution < -0.4 is 0 Å². The van der Waals surface area contributed by atoms with E-state index < -0.39 is 24.0 Å². The molecule has 0 unspecified atom stereocenters. The SMILES string of the molecule is COC(=O)[C@@H]1[C@H]2CCCCN2C(=O)[C@@H]1OC(=O)c1ccc(Br)cc1. The highest BCUT2D eigenvalue weighted by molar-refractivity contribution is 9.10. The number of benzene rings is 1. The van der Waals surface area contributed by atoms with Crippen molar-refractivity contribution >= 4 is 33.8 Å². The van der Waals surface area contributed by atoms with Crippen molar-refractivity contribution in [2.75, 3.05) is 13.7 Å². The van der Waals surface area contributed by atoms with E-state index in [1.165, 1.54) is 7.11 Å². The van der Waals surface area contributed by atoms with E-state index in [1.807, 2.05) is 0 Å². The van der Waals surface area contributed by atoms with E-state index in [4.69, 9.17) is 9.47 Å². The van der Waals surface area contributed by atoms with Gasteiger partial charge in [0.25, 0.3) is 5.91 Å². The zero-order valence-electron chi connectivity index (χ0n) is 13.2. The van der Waals surface area contributed by atoms with Gasteiger partial charge in [-0.3, -0.25) is 9.59 Å². The minimum Gasteiger partial charge on any atom is -0.469 e. The summed E-state index contributed by atoms with van der Waals surface area (Å²) in [6.07, 6.45) is 1.44. The average Bonchev–Trinajstić information content (AvgIpc) is 2.87. The van der Waals surface area contributed by atoms with E-state index in [1.54, 1.807) is 29.2 Å². The van der Waals surface area contributed by atoms with Crippen LogP contribution in [-0.2, 0) is 19.1 Å². The smallest absolute Gasteiger partial charge is 0.338 e. The zero-order chi connectivity index (χ0) is 17.3. The molecule has 2 aliphatic heterocycles. The van der Waals surface area contributed by atoms with Gasteiger partial charge in [0.2, 0.25) is 0 Å². The molecule has 0 saturated carbocycles. The number of hydrogen-bond acceptors (Lipinski definition) is 5. The fourth-order valence-electron chi connectivity index (χ4n) is 3.43. The Morgan fingerprint density at radius 2 is 1.92 bits per heavy atom. The third kappa shape index (κ3) is 3.05. The molecule has 24 heavy (non-hydrogen) atoms. The van der Waals surface area contributed by atoms with Crippen LogP contribution in [0.5, 0.6) is 0 Å². The van der Waals surface area contributed by atoms with Crippen LogP contribution in [0.25, 0.3) is 0 Å². The number of esters is 2. The molecule has 3 rings (SSSR count). The molecule has 7 heteroatoms. The molecule has 1 aromatic rings. The molecule has 0 radical (unpaired) electrons. The lowest BCUT2D eigenvalue weighted by Gasteiger charge is -2.30. The summed E-state index contributed by atoms with van der Waals surface area (Å²) in [5, 5.41) is 0. The first-order valence-electron chi connectivity index (χ1n) is 7.88. The van der Waals surface area contributed by atoms with Crippen LogP contribution in [0.4, 0.5) is 0 Å². The second kappa shape index (κ2) is 6.93. The predicted octanol–water partition coefficient (Wildman–Crippen LogP) is 2.16. The van der Waals surface area contributed by atoms with E-state index in [0.29, 0.717) is 12.1 Å². The second-order valence-electron chi connectivity index (χ2n) is 5.98. The first-order chi connectivity index (χ1) is 11.5. The molecule has 0 bridgehead atoms. The molecule has 0 spiro atoms. The van der Waals surface area contributed by atoms with Crippen LogP contribution in [0.1, 0.15) is 29.6 Å². The number of amides is 1. The first-order valence-corrected chi connectivity index (χ1v) is 8.67. The molecule has 1 aromatic carbocycles. The Morgan fingerprint density at radius 3 is 2.58 bits per heavy atom. The molecule has 2 fully saturated rings. The largest absolute Gasteiger partial charge is 0.469 e. The van der Waals surface area contributed by atoms with Gasteiger partial charge in [0.1, 0.15) is 5.92 Å². The summed E-state index contributed by atoms with van der Waals surface area (Å²) >= 11 is 3.30. The monoisotopic (exact) mass is 395 g/mol. The van der Waals surface area contributed by atoms with Crippen LogP contribution >= 0.6 is 15.9 Å². The van der Waals surface area contributed by atoms with Crippen molar-refractivity contribution in [3.63, 3.8) is 0 Å². The highest BCUT2D eigenvalue weighted by atomic mass is 79.9. The fraction of sp³-hybridized carbons (Fsp3) is 0.471. The summed E-state index contributed by atoms with van der Waals surface area (Å²) in [5.74, 6) is -2.19. The number of rotatable bonds is 3. The lowest BCUT2D eigenvalue weighted by molar-refractivity contribution is -0.151. The Bertz CT molecular complexity index is 659. The standard InChI is InChI=1S/C17H18BrNO5/c1-23-17(22)13-12-4-2-3-9-19(12)15(20)14(13)24-16(21)10-5-7-11(18)8-6-10/h5-8,12-14H,2-4,9H2,1H3/t12-,13-,14-/m1/s1.